The smallest absolute Gasteiger partial charge is 0.343 e. The molecule has 0 radical (unpaired) electrons. The number of hydrogen-bond acceptors (Lipinski definition) is 7. The summed E-state index contributed by atoms with van der Waals surface area (Å²) in [6.07, 6.45) is 0. The summed E-state index contributed by atoms with van der Waals surface area (Å²) >= 11 is 0. The van der Waals surface area contributed by atoms with E-state index >= 15 is 0 Å². The number of para-hydroxylation sites is 1. The summed E-state index contributed by atoms with van der Waals surface area (Å²) in [5, 5.41) is 7.93. The van der Waals surface area contributed by atoms with E-state index in [0.717, 1.165) is 0 Å². The second-order valence-electron chi connectivity index (χ2n) is 7.72. The highest BCUT2D eigenvalue weighted by Crippen LogP contribution is 2.38. The molecule has 2 heterocycles. The number of amides is 2. The normalized spacial score (nSPS) is 14.6. The van der Waals surface area contributed by atoms with Crippen LogP contribution >= 0.6 is 0 Å². The van der Waals surface area contributed by atoms with E-state index < -0.39 is 21.9 Å². The molecule has 0 saturated heterocycles. The van der Waals surface area contributed by atoms with Crippen molar-refractivity contribution in [2.75, 3.05) is 9.21 Å². The maximum atomic E-state index is 13.5. The predicted octanol–water partition coefficient (Wildman–Crippen LogP) is 4.41. The molecule has 176 valence electrons. The average Bonchev–Trinajstić information content (AvgIpc) is 3.31. The van der Waals surface area contributed by atoms with E-state index in [4.69, 9.17) is 4.42 Å². The SMILES string of the molecule is CC(=O)c1ccc(N2C(=O)N(Cc3nnc(-c4ccc(F)cc4)o3)c3ccccc3S2(=O)=O)cc1. The van der Waals surface area contributed by atoms with Crippen molar-refractivity contribution in [2.45, 2.75) is 18.4 Å². The Morgan fingerprint density at radius 1 is 0.971 bits per heavy atom. The summed E-state index contributed by atoms with van der Waals surface area (Å²) in [5.41, 5.74) is 1.12. The quantitative estimate of drug-likeness (QED) is 0.379. The minimum absolute atomic E-state index is 0.0543. The zero-order chi connectivity index (χ0) is 24.7. The van der Waals surface area contributed by atoms with Gasteiger partial charge in [-0.3, -0.25) is 9.69 Å². The molecule has 1 aromatic heterocycles. The Labute approximate surface area is 199 Å². The molecule has 35 heavy (non-hydrogen) atoms. The number of rotatable bonds is 5. The molecule has 4 aromatic rings. The Hall–Kier alpha value is -4.38. The van der Waals surface area contributed by atoms with Gasteiger partial charge in [0, 0.05) is 11.1 Å². The van der Waals surface area contributed by atoms with Gasteiger partial charge in [-0.1, -0.05) is 12.1 Å². The van der Waals surface area contributed by atoms with Crippen LogP contribution in [-0.2, 0) is 16.6 Å². The lowest BCUT2D eigenvalue weighted by Crippen LogP contribution is -2.50. The summed E-state index contributed by atoms with van der Waals surface area (Å²) < 4.78 is 46.3. The van der Waals surface area contributed by atoms with Crippen LogP contribution in [0.3, 0.4) is 0 Å². The third-order valence-corrected chi connectivity index (χ3v) is 7.19. The van der Waals surface area contributed by atoms with Crippen molar-refractivity contribution in [3.05, 3.63) is 90.1 Å². The molecule has 1 aliphatic rings. The highest BCUT2D eigenvalue weighted by molar-refractivity contribution is 7.94. The van der Waals surface area contributed by atoms with E-state index in [2.05, 4.69) is 10.2 Å². The van der Waals surface area contributed by atoms with Crippen LogP contribution in [-0.4, -0.2) is 30.4 Å². The minimum Gasteiger partial charge on any atom is -0.419 e. The van der Waals surface area contributed by atoms with Crippen LogP contribution < -0.4 is 9.21 Å². The van der Waals surface area contributed by atoms with E-state index in [-0.39, 0.29) is 40.4 Å². The number of carbonyl (C=O) groups is 2. The number of carbonyl (C=O) groups excluding carboxylic acids is 2. The molecule has 2 amide bonds. The van der Waals surface area contributed by atoms with Gasteiger partial charge in [-0.15, -0.1) is 10.2 Å². The number of hydrogen-bond donors (Lipinski definition) is 0. The highest BCUT2D eigenvalue weighted by Gasteiger charge is 2.43. The predicted molar refractivity (Wildman–Crippen MR) is 124 cm³/mol. The second-order valence-corrected chi connectivity index (χ2v) is 9.47. The van der Waals surface area contributed by atoms with E-state index in [0.29, 0.717) is 15.4 Å². The first-order valence-corrected chi connectivity index (χ1v) is 11.8. The zero-order valence-corrected chi connectivity index (χ0v) is 19.1. The van der Waals surface area contributed by atoms with Crippen LogP contribution in [0.4, 0.5) is 20.6 Å². The number of urea groups is 1. The molecule has 1 aliphatic heterocycles. The standard InChI is InChI=1S/C24H17FN4O5S/c1-15(30)16-8-12-19(13-9-16)29-24(31)28(20-4-2-3-5-21(20)35(29,32)33)14-22-26-27-23(34-22)17-6-10-18(25)11-7-17/h2-13H,14H2,1H3. The Morgan fingerprint density at radius 2 is 1.66 bits per heavy atom. The van der Waals surface area contributed by atoms with Crippen LogP contribution in [0.25, 0.3) is 11.5 Å². The maximum absolute atomic E-state index is 13.5. The first kappa shape index (κ1) is 22.4. The molecule has 3 aromatic carbocycles. The lowest BCUT2D eigenvalue weighted by molar-refractivity contribution is 0.101. The van der Waals surface area contributed by atoms with Crippen molar-refractivity contribution in [1.82, 2.24) is 10.2 Å². The van der Waals surface area contributed by atoms with Crippen LogP contribution in [0.5, 0.6) is 0 Å². The maximum Gasteiger partial charge on any atom is 0.343 e. The fraction of sp³-hybridized carbons (Fsp3) is 0.0833. The summed E-state index contributed by atoms with van der Waals surface area (Å²) in [6.45, 7) is 1.18. The lowest BCUT2D eigenvalue weighted by atomic mass is 10.1. The molecule has 0 aliphatic carbocycles. The monoisotopic (exact) mass is 492 g/mol. The van der Waals surface area contributed by atoms with Crippen LogP contribution in [0, 0.1) is 5.82 Å². The van der Waals surface area contributed by atoms with Crippen LogP contribution in [0.2, 0.25) is 0 Å². The molecule has 0 N–H and O–H groups in total. The van der Waals surface area contributed by atoms with Gasteiger partial charge >= 0.3 is 6.03 Å². The van der Waals surface area contributed by atoms with Gasteiger partial charge in [0.2, 0.25) is 11.8 Å². The topological polar surface area (TPSA) is 114 Å². The Morgan fingerprint density at radius 3 is 2.34 bits per heavy atom. The first-order chi connectivity index (χ1) is 16.8. The van der Waals surface area contributed by atoms with Crippen molar-refractivity contribution >= 4 is 33.2 Å². The first-order valence-electron chi connectivity index (χ1n) is 10.4. The van der Waals surface area contributed by atoms with Gasteiger partial charge in [-0.05, 0) is 67.6 Å². The van der Waals surface area contributed by atoms with Gasteiger partial charge in [0.25, 0.3) is 10.0 Å². The largest absolute Gasteiger partial charge is 0.419 e. The average molecular weight is 492 g/mol. The molecule has 0 fully saturated rings. The summed E-state index contributed by atoms with van der Waals surface area (Å²) in [7, 11) is -4.23. The number of halogens is 1. The molecule has 0 bridgehead atoms. The number of benzene rings is 3. The van der Waals surface area contributed by atoms with Crippen molar-refractivity contribution in [2.24, 2.45) is 0 Å². The van der Waals surface area contributed by atoms with Gasteiger partial charge < -0.3 is 4.42 Å². The Balaban J connectivity index is 1.54. The lowest BCUT2D eigenvalue weighted by Gasteiger charge is -2.35. The third kappa shape index (κ3) is 3.95. The fourth-order valence-corrected chi connectivity index (χ4v) is 5.30. The second kappa shape index (κ2) is 8.44. The molecule has 0 spiro atoms. The number of anilines is 2. The number of Topliss-reactive ketones (excluding diaryl/α,β-unsaturated/α-hetero) is 1. The number of ketones is 1. The molecule has 0 unspecified atom stereocenters. The molecule has 5 rings (SSSR count). The Bertz CT molecular complexity index is 1550. The number of fused-ring (bicyclic) bond motifs is 1. The molecular weight excluding hydrogens is 475 g/mol. The minimum atomic E-state index is -4.23. The van der Waals surface area contributed by atoms with Crippen molar-refractivity contribution in [3.63, 3.8) is 0 Å². The summed E-state index contributed by atoms with van der Waals surface area (Å²) in [4.78, 5) is 26.3. The van der Waals surface area contributed by atoms with Crippen molar-refractivity contribution in [3.8, 4) is 11.5 Å². The molecular formula is C24H17FN4O5S. The fourth-order valence-electron chi connectivity index (χ4n) is 3.71. The van der Waals surface area contributed by atoms with Crippen molar-refractivity contribution < 1.29 is 26.8 Å². The Kier molecular flexibility index (Phi) is 5.40. The van der Waals surface area contributed by atoms with E-state index in [1.54, 1.807) is 12.1 Å². The van der Waals surface area contributed by atoms with E-state index in [9.17, 15) is 22.4 Å². The number of aromatic nitrogens is 2. The van der Waals surface area contributed by atoms with Gasteiger partial charge in [-0.2, -0.15) is 4.31 Å². The molecule has 9 nitrogen and oxygen atoms in total. The molecule has 11 heteroatoms. The van der Waals surface area contributed by atoms with Gasteiger partial charge in [0.05, 0.1) is 11.4 Å². The van der Waals surface area contributed by atoms with Crippen LogP contribution in [0.15, 0.2) is 82.1 Å². The summed E-state index contributed by atoms with van der Waals surface area (Å²) in [6, 6.07) is 16.4. The number of nitrogens with zero attached hydrogens (tertiary/aromatic N) is 4. The molecule has 0 atom stereocenters. The van der Waals surface area contributed by atoms with E-state index in [1.807, 2.05) is 0 Å². The number of sulfonamides is 1. The van der Waals surface area contributed by atoms with Gasteiger partial charge in [0.1, 0.15) is 17.3 Å². The van der Waals surface area contributed by atoms with Crippen molar-refractivity contribution in [1.29, 1.82) is 0 Å². The van der Waals surface area contributed by atoms with Crippen LogP contribution in [0.1, 0.15) is 23.2 Å². The van der Waals surface area contributed by atoms with E-state index in [1.165, 1.54) is 72.5 Å². The third-order valence-electron chi connectivity index (χ3n) is 5.44. The van der Waals surface area contributed by atoms with Gasteiger partial charge in [0.15, 0.2) is 5.78 Å². The summed E-state index contributed by atoms with van der Waals surface area (Å²) in [5.74, 6) is -0.424. The van der Waals surface area contributed by atoms with Gasteiger partial charge in [-0.25, -0.2) is 17.6 Å². The zero-order valence-electron chi connectivity index (χ0n) is 18.3. The highest BCUT2D eigenvalue weighted by atomic mass is 32.2. The molecule has 0 saturated carbocycles.